The van der Waals surface area contributed by atoms with Crippen LogP contribution in [0.15, 0.2) is 60.8 Å². The first kappa shape index (κ1) is 31.6. The number of benzene rings is 2. The molecule has 46 heavy (non-hydrogen) atoms. The van der Waals surface area contributed by atoms with Crippen LogP contribution in [-0.4, -0.2) is 47.5 Å². The number of rotatable bonds is 14. The number of alkyl carbamates (subject to hydrolysis) is 1. The monoisotopic (exact) mass is 627 g/mol. The summed E-state index contributed by atoms with van der Waals surface area (Å²) in [4.78, 5) is 55.1. The molecule has 0 aliphatic heterocycles. The van der Waals surface area contributed by atoms with Crippen LogP contribution in [0.5, 0.6) is 0 Å². The number of aromatic nitrogens is 1. The predicted molar refractivity (Wildman–Crippen MR) is 170 cm³/mol. The number of aromatic amines is 1. The summed E-state index contributed by atoms with van der Waals surface area (Å²) < 4.78 is 5.20. The zero-order valence-electron chi connectivity index (χ0n) is 26.1. The van der Waals surface area contributed by atoms with Crippen LogP contribution in [0.2, 0.25) is 0 Å². The van der Waals surface area contributed by atoms with E-state index in [1.165, 1.54) is 19.3 Å². The fraction of sp³-hybridized carbons (Fsp3) is 0.500. The molecule has 4 bridgehead atoms. The fourth-order valence-electron chi connectivity index (χ4n) is 8.39. The van der Waals surface area contributed by atoms with E-state index in [-0.39, 0.29) is 25.4 Å². The van der Waals surface area contributed by atoms with Crippen molar-refractivity contribution in [3.05, 3.63) is 71.9 Å². The molecule has 3 aromatic rings. The molecule has 3 amide bonds. The Morgan fingerprint density at radius 1 is 0.870 bits per heavy atom. The van der Waals surface area contributed by atoms with Crippen LogP contribution in [0.4, 0.5) is 4.79 Å². The zero-order valence-corrected chi connectivity index (χ0v) is 26.1. The number of carbonyl (C=O) groups is 4. The first-order chi connectivity index (χ1) is 22.3. The van der Waals surface area contributed by atoms with E-state index >= 15 is 0 Å². The topological polar surface area (TPSA) is 152 Å². The van der Waals surface area contributed by atoms with Gasteiger partial charge in [0.15, 0.2) is 0 Å². The second-order valence-electron chi connectivity index (χ2n) is 13.7. The lowest BCUT2D eigenvalue weighted by Gasteiger charge is -2.55. The highest BCUT2D eigenvalue weighted by Crippen LogP contribution is 2.60. The van der Waals surface area contributed by atoms with Crippen LogP contribution in [0.1, 0.15) is 68.9 Å². The van der Waals surface area contributed by atoms with Crippen LogP contribution >= 0.6 is 0 Å². The molecule has 0 radical (unpaired) electrons. The van der Waals surface area contributed by atoms with Gasteiger partial charge in [0.25, 0.3) is 0 Å². The molecule has 244 valence electrons. The lowest BCUT2D eigenvalue weighted by molar-refractivity contribution is -0.308. The average Bonchev–Trinajstić information content (AvgIpc) is 3.45. The Balaban J connectivity index is 1.06. The normalized spacial score (nSPS) is 24.2. The van der Waals surface area contributed by atoms with Crippen molar-refractivity contribution in [1.82, 2.24) is 20.9 Å². The molecular weight excluding hydrogens is 584 g/mol. The molecule has 0 saturated heterocycles. The molecule has 10 nitrogen and oxygen atoms in total. The maximum absolute atomic E-state index is 14.0. The van der Waals surface area contributed by atoms with Crippen molar-refractivity contribution in [3.63, 3.8) is 0 Å². The molecule has 4 aliphatic rings. The third-order valence-corrected chi connectivity index (χ3v) is 10.2. The molecular formula is C36H43N4O6-. The summed E-state index contributed by atoms with van der Waals surface area (Å²) in [5.41, 5.74) is 2.23. The highest BCUT2D eigenvalue weighted by Gasteiger charge is 2.55. The smallest absolute Gasteiger partial charge is 0.407 e. The molecule has 1 heterocycles. The summed E-state index contributed by atoms with van der Waals surface area (Å²) in [6, 6.07) is 14.9. The van der Waals surface area contributed by atoms with Gasteiger partial charge in [0.05, 0.1) is 12.0 Å². The number of H-pyrrole nitrogens is 1. The van der Waals surface area contributed by atoms with Crippen LogP contribution < -0.4 is 21.1 Å². The van der Waals surface area contributed by atoms with E-state index in [1.807, 2.05) is 60.8 Å². The Labute approximate surface area is 269 Å². The Morgan fingerprint density at radius 3 is 2.24 bits per heavy atom. The number of hydrogen-bond donors (Lipinski definition) is 4. The first-order valence-corrected chi connectivity index (χ1v) is 16.6. The van der Waals surface area contributed by atoms with E-state index in [1.54, 1.807) is 0 Å². The quantitative estimate of drug-likeness (QED) is 0.200. The van der Waals surface area contributed by atoms with Crippen molar-refractivity contribution in [2.24, 2.45) is 23.2 Å². The molecule has 4 aliphatic carbocycles. The average molecular weight is 628 g/mol. The molecule has 4 fully saturated rings. The van der Waals surface area contributed by atoms with E-state index in [0.717, 1.165) is 41.3 Å². The molecule has 4 N–H and O–H groups in total. The fourth-order valence-corrected chi connectivity index (χ4v) is 8.39. The molecule has 2 aromatic carbocycles. The first-order valence-electron chi connectivity index (χ1n) is 16.6. The third kappa shape index (κ3) is 7.37. The number of amides is 3. The SMILES string of the molecule is O=C(NCCCC[C@H](NC(=O)[C@H](Cc1c[nH]c2ccccc12)NC(=O)C12CC3CC(CC(C3)C1)C2)C(=O)[O-])OCc1ccccc1. The molecule has 2 atom stereocenters. The molecule has 7 rings (SSSR count). The Bertz CT molecular complexity index is 1520. The minimum atomic E-state index is -1.39. The van der Waals surface area contributed by atoms with Crippen molar-refractivity contribution in [1.29, 1.82) is 0 Å². The van der Waals surface area contributed by atoms with Gasteiger partial charge in [-0.1, -0.05) is 48.5 Å². The van der Waals surface area contributed by atoms with E-state index in [0.29, 0.717) is 37.1 Å². The Morgan fingerprint density at radius 2 is 1.54 bits per heavy atom. The summed E-state index contributed by atoms with van der Waals surface area (Å²) in [7, 11) is 0. The van der Waals surface area contributed by atoms with Gasteiger partial charge < -0.3 is 35.6 Å². The van der Waals surface area contributed by atoms with Gasteiger partial charge in [-0.05, 0) is 92.7 Å². The van der Waals surface area contributed by atoms with Crippen molar-refractivity contribution in [3.8, 4) is 0 Å². The van der Waals surface area contributed by atoms with E-state index in [4.69, 9.17) is 4.74 Å². The highest BCUT2D eigenvalue weighted by molar-refractivity contribution is 5.93. The number of nitrogens with one attached hydrogen (secondary N) is 4. The lowest BCUT2D eigenvalue weighted by atomic mass is 9.49. The summed E-state index contributed by atoms with van der Waals surface area (Å²) >= 11 is 0. The van der Waals surface area contributed by atoms with Crippen LogP contribution in [-0.2, 0) is 32.1 Å². The number of fused-ring (bicyclic) bond motifs is 1. The van der Waals surface area contributed by atoms with E-state index < -0.39 is 35.5 Å². The Kier molecular flexibility index (Phi) is 9.61. The lowest BCUT2D eigenvalue weighted by Crippen LogP contribution is -2.59. The minimum absolute atomic E-state index is 0.0817. The van der Waals surface area contributed by atoms with Gasteiger partial charge in [0, 0.05) is 35.5 Å². The minimum Gasteiger partial charge on any atom is -0.548 e. The number of para-hydroxylation sites is 1. The molecule has 4 saturated carbocycles. The van der Waals surface area contributed by atoms with Crippen molar-refractivity contribution in [2.45, 2.75) is 82.9 Å². The maximum atomic E-state index is 14.0. The standard InChI is InChI=1S/C36H44N4O6/c41-32(39-30(33(42)43)12-6-7-13-37-35(45)46-22-23-8-2-1-3-9-23)31(17-27-21-38-29-11-5-4-10-28(27)29)40-34(44)36-18-24-14-25(19-36)16-26(15-24)20-36/h1-5,8-11,21,24-26,30-31,38H,6-7,12-20,22H2,(H,37,45)(H,39,41)(H,40,44)(H,42,43)/p-1/t24?,25?,26?,30-,31-,36?/m0/s1. The second kappa shape index (κ2) is 14.0. The largest absolute Gasteiger partial charge is 0.548 e. The van der Waals surface area contributed by atoms with Crippen LogP contribution in [0.3, 0.4) is 0 Å². The number of ether oxygens (including phenoxy) is 1. The number of carboxylic acids is 1. The number of aliphatic carboxylic acids is 1. The number of unbranched alkanes of at least 4 members (excludes halogenated alkanes) is 1. The van der Waals surface area contributed by atoms with Gasteiger partial charge in [0.1, 0.15) is 12.6 Å². The molecule has 0 unspecified atom stereocenters. The molecule has 0 spiro atoms. The summed E-state index contributed by atoms with van der Waals surface area (Å²) in [5, 5.41) is 21.5. The summed E-state index contributed by atoms with van der Waals surface area (Å²) in [6.07, 6.45) is 8.73. The third-order valence-electron chi connectivity index (χ3n) is 10.2. The van der Waals surface area contributed by atoms with Crippen molar-refractivity contribution < 1.29 is 29.0 Å². The van der Waals surface area contributed by atoms with Gasteiger partial charge in [-0.25, -0.2) is 4.79 Å². The van der Waals surface area contributed by atoms with Gasteiger partial charge in [-0.3, -0.25) is 9.59 Å². The van der Waals surface area contributed by atoms with E-state index in [2.05, 4.69) is 20.9 Å². The van der Waals surface area contributed by atoms with Crippen LogP contribution in [0, 0.1) is 23.2 Å². The van der Waals surface area contributed by atoms with Crippen LogP contribution in [0.25, 0.3) is 10.9 Å². The predicted octanol–water partition coefficient (Wildman–Crippen LogP) is 3.74. The van der Waals surface area contributed by atoms with Gasteiger partial charge in [-0.2, -0.15) is 0 Å². The Hall–Kier alpha value is -4.34. The van der Waals surface area contributed by atoms with Crippen molar-refractivity contribution in [2.75, 3.05) is 6.54 Å². The second-order valence-corrected chi connectivity index (χ2v) is 13.7. The molecule has 10 heteroatoms. The summed E-state index contributed by atoms with van der Waals surface area (Å²) in [6.45, 7) is 0.455. The number of hydrogen-bond acceptors (Lipinski definition) is 6. The van der Waals surface area contributed by atoms with E-state index in [9.17, 15) is 24.3 Å². The number of carbonyl (C=O) groups excluding carboxylic acids is 4. The summed E-state index contributed by atoms with van der Waals surface area (Å²) in [5.74, 6) is -0.300. The number of carboxylic acid groups (broad SMARTS) is 1. The maximum Gasteiger partial charge on any atom is 0.407 e. The van der Waals surface area contributed by atoms with Gasteiger partial charge in [-0.15, -0.1) is 0 Å². The molecule has 1 aromatic heterocycles. The van der Waals surface area contributed by atoms with Gasteiger partial charge >= 0.3 is 6.09 Å². The van der Waals surface area contributed by atoms with Gasteiger partial charge in [0.2, 0.25) is 11.8 Å². The van der Waals surface area contributed by atoms with Crippen molar-refractivity contribution >= 4 is 34.8 Å². The highest BCUT2D eigenvalue weighted by atomic mass is 16.5. The zero-order chi connectivity index (χ0) is 32.1.